The Labute approximate surface area is 197 Å². The van der Waals surface area contributed by atoms with Gasteiger partial charge in [0.25, 0.3) is 0 Å². The lowest BCUT2D eigenvalue weighted by molar-refractivity contribution is -0.138. The zero-order valence-electron chi connectivity index (χ0n) is 20.2. The number of rotatable bonds is 26. The lowest BCUT2D eigenvalue weighted by Gasteiger charge is -2.09. The van der Waals surface area contributed by atoms with Gasteiger partial charge >= 0.3 is 5.97 Å². The molecule has 0 saturated heterocycles. The van der Waals surface area contributed by atoms with E-state index in [0.29, 0.717) is 98.9 Å². The number of aliphatic carboxylic acids is 1. The van der Waals surface area contributed by atoms with Crippen LogP contribution in [-0.4, -0.2) is 116 Å². The van der Waals surface area contributed by atoms with Gasteiger partial charge in [-0.1, -0.05) is 0 Å². The molecule has 0 heterocycles. The van der Waals surface area contributed by atoms with E-state index in [1.807, 2.05) is 13.8 Å². The van der Waals surface area contributed by atoms with Crippen molar-refractivity contribution in [2.24, 2.45) is 0 Å². The first-order chi connectivity index (χ1) is 16.0. The summed E-state index contributed by atoms with van der Waals surface area (Å²) < 4.78 is 37.7. The summed E-state index contributed by atoms with van der Waals surface area (Å²) in [6.45, 7) is 11.1. The van der Waals surface area contributed by atoms with Crippen molar-refractivity contribution >= 4 is 11.9 Å². The van der Waals surface area contributed by atoms with Gasteiger partial charge in [-0.3, -0.25) is 9.59 Å². The highest BCUT2D eigenvalue weighted by molar-refractivity contribution is 5.80. The third-order valence-corrected chi connectivity index (χ3v) is 3.89. The summed E-state index contributed by atoms with van der Waals surface area (Å²) in [5.41, 5.74) is 0. The maximum atomic E-state index is 11.3. The van der Waals surface area contributed by atoms with Crippen LogP contribution in [0.4, 0.5) is 0 Å². The lowest BCUT2D eigenvalue weighted by atomic mass is 10.3. The van der Waals surface area contributed by atoms with E-state index < -0.39 is 5.97 Å². The van der Waals surface area contributed by atoms with Crippen LogP contribution < -0.4 is 5.32 Å². The first-order valence-corrected chi connectivity index (χ1v) is 11.6. The average molecular weight is 482 g/mol. The summed E-state index contributed by atoms with van der Waals surface area (Å²) in [5.74, 6) is -1.24. The standard InChI is InChI=1S/C22H43NO10/c1-20(2)33-19-18-32-17-16-31-15-14-30-13-12-29-11-10-28-9-8-27-7-3-6-23-21(24)4-5-22(25)26/h20H,3-19H2,1-2H3,(H,23,24)(H,25,26). The normalized spacial score (nSPS) is 11.2. The maximum absolute atomic E-state index is 11.3. The van der Waals surface area contributed by atoms with Crippen LogP contribution in [0.3, 0.4) is 0 Å². The van der Waals surface area contributed by atoms with Crippen molar-refractivity contribution in [3.8, 4) is 0 Å². The monoisotopic (exact) mass is 481 g/mol. The van der Waals surface area contributed by atoms with Gasteiger partial charge in [-0.25, -0.2) is 0 Å². The minimum absolute atomic E-state index is 0.00187. The molecular formula is C22H43NO10. The van der Waals surface area contributed by atoms with Crippen molar-refractivity contribution in [2.45, 2.75) is 39.2 Å². The number of carbonyl (C=O) groups excluding carboxylic acids is 1. The van der Waals surface area contributed by atoms with Crippen molar-refractivity contribution < 1.29 is 47.9 Å². The number of carboxylic acid groups (broad SMARTS) is 1. The quantitative estimate of drug-likeness (QED) is 0.172. The zero-order valence-corrected chi connectivity index (χ0v) is 20.2. The Kier molecular flexibility index (Phi) is 24.3. The summed E-state index contributed by atoms with van der Waals surface area (Å²) in [7, 11) is 0. The lowest BCUT2D eigenvalue weighted by Crippen LogP contribution is -2.25. The van der Waals surface area contributed by atoms with E-state index in [2.05, 4.69) is 5.32 Å². The van der Waals surface area contributed by atoms with Gasteiger partial charge in [0, 0.05) is 19.6 Å². The third-order valence-electron chi connectivity index (χ3n) is 3.89. The van der Waals surface area contributed by atoms with Crippen LogP contribution in [-0.2, 0) is 42.7 Å². The fraction of sp³-hybridized carbons (Fsp3) is 0.909. The molecule has 11 nitrogen and oxygen atoms in total. The Morgan fingerprint density at radius 1 is 0.636 bits per heavy atom. The summed E-state index contributed by atoms with van der Waals surface area (Å²) >= 11 is 0. The minimum atomic E-state index is -0.977. The molecule has 0 aliphatic carbocycles. The molecule has 0 aliphatic rings. The van der Waals surface area contributed by atoms with Gasteiger partial charge in [0.05, 0.1) is 91.8 Å². The van der Waals surface area contributed by atoms with Gasteiger partial charge in [-0.2, -0.15) is 0 Å². The predicted molar refractivity (Wildman–Crippen MR) is 120 cm³/mol. The molecule has 0 rings (SSSR count). The first kappa shape index (κ1) is 31.7. The van der Waals surface area contributed by atoms with E-state index >= 15 is 0 Å². The fourth-order valence-corrected chi connectivity index (χ4v) is 2.26. The average Bonchev–Trinajstić information content (AvgIpc) is 2.78. The van der Waals surface area contributed by atoms with Crippen molar-refractivity contribution in [2.75, 3.05) is 92.4 Å². The molecule has 0 atom stereocenters. The number of hydrogen-bond acceptors (Lipinski definition) is 9. The molecule has 0 fully saturated rings. The van der Waals surface area contributed by atoms with E-state index in [4.69, 9.17) is 38.3 Å². The number of nitrogens with one attached hydrogen (secondary N) is 1. The second kappa shape index (κ2) is 25.3. The minimum Gasteiger partial charge on any atom is -0.481 e. The number of amides is 1. The summed E-state index contributed by atoms with van der Waals surface area (Å²) in [5, 5.41) is 11.1. The molecule has 2 N–H and O–H groups in total. The van der Waals surface area contributed by atoms with Crippen LogP contribution in [0.1, 0.15) is 33.1 Å². The van der Waals surface area contributed by atoms with Gasteiger partial charge in [0.1, 0.15) is 0 Å². The predicted octanol–water partition coefficient (Wildman–Crippen LogP) is 0.882. The smallest absolute Gasteiger partial charge is 0.303 e. The Hall–Kier alpha value is -1.34. The molecule has 1 amide bonds. The van der Waals surface area contributed by atoms with Crippen LogP contribution in [0.5, 0.6) is 0 Å². The zero-order chi connectivity index (χ0) is 24.4. The van der Waals surface area contributed by atoms with Crippen molar-refractivity contribution in [3.05, 3.63) is 0 Å². The SMILES string of the molecule is CC(C)OCCOCCOCCOCCOCCOCCOCCCNC(=O)CCC(=O)O. The fourth-order valence-electron chi connectivity index (χ4n) is 2.26. The maximum Gasteiger partial charge on any atom is 0.303 e. The highest BCUT2D eigenvalue weighted by atomic mass is 16.6. The molecule has 11 heteroatoms. The molecular weight excluding hydrogens is 438 g/mol. The van der Waals surface area contributed by atoms with Gasteiger partial charge < -0.3 is 43.6 Å². The molecule has 0 aromatic rings. The van der Waals surface area contributed by atoms with Crippen LogP contribution in [0.2, 0.25) is 0 Å². The first-order valence-electron chi connectivity index (χ1n) is 11.6. The third kappa shape index (κ3) is 28.6. The summed E-state index contributed by atoms with van der Waals surface area (Å²) in [6.07, 6.45) is 0.730. The Balaban J connectivity index is 3.09. The van der Waals surface area contributed by atoms with Crippen molar-refractivity contribution in [3.63, 3.8) is 0 Å². The number of ether oxygens (including phenoxy) is 7. The molecule has 0 saturated carbocycles. The van der Waals surface area contributed by atoms with Crippen LogP contribution in [0.25, 0.3) is 0 Å². The van der Waals surface area contributed by atoms with E-state index in [9.17, 15) is 9.59 Å². The van der Waals surface area contributed by atoms with E-state index in [1.165, 1.54) is 0 Å². The van der Waals surface area contributed by atoms with E-state index in [-0.39, 0.29) is 24.9 Å². The van der Waals surface area contributed by atoms with E-state index in [1.54, 1.807) is 0 Å². The van der Waals surface area contributed by atoms with Gasteiger partial charge in [0.15, 0.2) is 0 Å². The van der Waals surface area contributed by atoms with E-state index in [0.717, 1.165) is 0 Å². The highest BCUT2D eigenvalue weighted by Gasteiger charge is 2.04. The van der Waals surface area contributed by atoms with Gasteiger partial charge in [0.2, 0.25) is 5.91 Å². The molecule has 0 aliphatic heterocycles. The van der Waals surface area contributed by atoms with Crippen LogP contribution in [0.15, 0.2) is 0 Å². The van der Waals surface area contributed by atoms with Gasteiger partial charge in [-0.05, 0) is 20.3 Å². The molecule has 33 heavy (non-hydrogen) atoms. The molecule has 0 unspecified atom stereocenters. The number of carboxylic acids is 1. The van der Waals surface area contributed by atoms with Gasteiger partial charge in [-0.15, -0.1) is 0 Å². The van der Waals surface area contributed by atoms with Crippen LogP contribution in [0, 0.1) is 0 Å². The Morgan fingerprint density at radius 3 is 1.42 bits per heavy atom. The van der Waals surface area contributed by atoms with Crippen molar-refractivity contribution in [1.82, 2.24) is 5.32 Å². The molecule has 0 aromatic carbocycles. The second-order valence-electron chi connectivity index (χ2n) is 7.19. The molecule has 0 aromatic heterocycles. The summed E-state index contributed by atoms with van der Waals surface area (Å²) in [4.78, 5) is 21.7. The molecule has 0 radical (unpaired) electrons. The number of hydrogen-bond donors (Lipinski definition) is 2. The summed E-state index contributed by atoms with van der Waals surface area (Å²) in [6, 6.07) is 0. The Bertz CT molecular complexity index is 451. The number of carbonyl (C=O) groups is 2. The largest absolute Gasteiger partial charge is 0.481 e. The highest BCUT2D eigenvalue weighted by Crippen LogP contribution is 1.90. The molecule has 196 valence electrons. The molecule has 0 spiro atoms. The second-order valence-corrected chi connectivity index (χ2v) is 7.19. The topological polar surface area (TPSA) is 131 Å². The Morgan fingerprint density at radius 2 is 1.03 bits per heavy atom. The van der Waals surface area contributed by atoms with Crippen LogP contribution >= 0.6 is 0 Å². The molecule has 0 bridgehead atoms. The van der Waals surface area contributed by atoms with Crippen molar-refractivity contribution in [1.29, 1.82) is 0 Å².